The summed E-state index contributed by atoms with van der Waals surface area (Å²) in [6, 6.07) is 8.71. The van der Waals surface area contributed by atoms with Crippen LogP contribution in [0.5, 0.6) is 0 Å². The van der Waals surface area contributed by atoms with Crippen LogP contribution in [0.3, 0.4) is 0 Å². The van der Waals surface area contributed by atoms with E-state index in [0.29, 0.717) is 32.5 Å². The Bertz CT molecular complexity index is 1100. The minimum Gasteiger partial charge on any atom is -0.411 e. The molecule has 0 aliphatic carbocycles. The lowest BCUT2D eigenvalue weighted by molar-refractivity contribution is 0.466. The second kappa shape index (κ2) is 6.62. The molecule has 0 aliphatic heterocycles. The van der Waals surface area contributed by atoms with E-state index in [0.717, 1.165) is 11.3 Å². The number of halogens is 1. The van der Waals surface area contributed by atoms with E-state index in [2.05, 4.69) is 15.2 Å². The van der Waals surface area contributed by atoms with Gasteiger partial charge in [-0.15, -0.1) is 21.5 Å². The average Bonchev–Trinajstić information content (AvgIpc) is 3.21. The number of thiazole rings is 1. The van der Waals surface area contributed by atoms with Gasteiger partial charge in [-0.1, -0.05) is 23.4 Å². The van der Waals surface area contributed by atoms with Gasteiger partial charge in [0.05, 0.1) is 5.69 Å². The van der Waals surface area contributed by atoms with Crippen molar-refractivity contribution < 1.29 is 4.42 Å². The number of thioether (sulfide) groups is 1. The first-order valence-corrected chi connectivity index (χ1v) is 9.53. The molecular formula is C16H11ClN4O2S2. The standard InChI is InChI=1S/C16H11ClN4O2S2/c1-9-7-24-15-18-12(6-13(22)21(9)15)8-25-16-20-19-14(23-16)10-2-4-11(17)5-3-10/h2-7H,8H2,1H3. The molecule has 0 saturated carbocycles. The Morgan fingerprint density at radius 2 is 2.08 bits per heavy atom. The first-order chi connectivity index (χ1) is 12.1. The molecule has 0 bridgehead atoms. The highest BCUT2D eigenvalue weighted by Gasteiger charge is 2.11. The van der Waals surface area contributed by atoms with Crippen LogP contribution in [-0.4, -0.2) is 19.6 Å². The second-order valence-corrected chi connectivity index (χ2v) is 7.45. The molecule has 1 aromatic carbocycles. The molecule has 0 radical (unpaired) electrons. The van der Waals surface area contributed by atoms with Crippen LogP contribution in [0.1, 0.15) is 11.4 Å². The van der Waals surface area contributed by atoms with Gasteiger partial charge in [-0.3, -0.25) is 9.20 Å². The highest BCUT2D eigenvalue weighted by Crippen LogP contribution is 2.26. The van der Waals surface area contributed by atoms with Crippen molar-refractivity contribution in [1.82, 2.24) is 19.6 Å². The largest absolute Gasteiger partial charge is 0.411 e. The zero-order valence-electron chi connectivity index (χ0n) is 13.0. The minimum atomic E-state index is -0.0771. The molecule has 4 aromatic rings. The van der Waals surface area contributed by atoms with E-state index in [4.69, 9.17) is 16.0 Å². The molecule has 0 N–H and O–H groups in total. The maximum Gasteiger partial charge on any atom is 0.277 e. The molecule has 4 rings (SSSR count). The highest BCUT2D eigenvalue weighted by atomic mass is 35.5. The zero-order chi connectivity index (χ0) is 17.4. The van der Waals surface area contributed by atoms with Crippen molar-refractivity contribution in [3.8, 4) is 11.5 Å². The van der Waals surface area contributed by atoms with E-state index in [-0.39, 0.29) is 5.56 Å². The third-order valence-corrected chi connectivity index (χ3v) is 5.52. The van der Waals surface area contributed by atoms with Crippen molar-refractivity contribution in [3.05, 3.63) is 62.5 Å². The third-order valence-electron chi connectivity index (χ3n) is 3.47. The number of rotatable bonds is 4. The van der Waals surface area contributed by atoms with Gasteiger partial charge < -0.3 is 4.42 Å². The molecule has 0 unspecified atom stereocenters. The Hall–Kier alpha value is -2.16. The summed E-state index contributed by atoms with van der Waals surface area (Å²) in [5.74, 6) is 0.904. The summed E-state index contributed by atoms with van der Waals surface area (Å²) in [5.41, 5.74) is 2.30. The first-order valence-electron chi connectivity index (χ1n) is 7.29. The number of nitrogens with zero attached hydrogens (tertiary/aromatic N) is 4. The number of aromatic nitrogens is 4. The predicted octanol–water partition coefficient (Wildman–Crippen LogP) is 4.06. The summed E-state index contributed by atoms with van der Waals surface area (Å²) in [4.78, 5) is 17.4. The Balaban J connectivity index is 1.52. The fourth-order valence-electron chi connectivity index (χ4n) is 2.29. The summed E-state index contributed by atoms with van der Waals surface area (Å²) in [5, 5.41) is 11.0. The number of aryl methyl sites for hydroxylation is 1. The monoisotopic (exact) mass is 390 g/mol. The summed E-state index contributed by atoms with van der Waals surface area (Å²) in [6.07, 6.45) is 0. The van der Waals surface area contributed by atoms with Gasteiger partial charge in [-0.05, 0) is 31.2 Å². The summed E-state index contributed by atoms with van der Waals surface area (Å²) in [6.45, 7) is 1.89. The van der Waals surface area contributed by atoms with Crippen molar-refractivity contribution in [2.75, 3.05) is 0 Å². The van der Waals surface area contributed by atoms with Gasteiger partial charge in [-0.25, -0.2) is 4.98 Å². The average molecular weight is 391 g/mol. The molecule has 0 saturated heterocycles. The van der Waals surface area contributed by atoms with Crippen molar-refractivity contribution in [3.63, 3.8) is 0 Å². The van der Waals surface area contributed by atoms with Gasteiger partial charge in [0.1, 0.15) is 0 Å². The number of hydrogen-bond donors (Lipinski definition) is 0. The molecule has 0 spiro atoms. The van der Waals surface area contributed by atoms with Gasteiger partial charge in [-0.2, -0.15) is 0 Å². The Morgan fingerprint density at radius 1 is 1.28 bits per heavy atom. The van der Waals surface area contributed by atoms with Crippen LogP contribution < -0.4 is 5.56 Å². The SMILES string of the molecule is Cc1csc2nc(CSc3nnc(-c4ccc(Cl)cc4)o3)cc(=O)n12. The van der Waals surface area contributed by atoms with E-state index >= 15 is 0 Å². The van der Waals surface area contributed by atoms with E-state index < -0.39 is 0 Å². The first kappa shape index (κ1) is 16.3. The smallest absolute Gasteiger partial charge is 0.277 e. The molecule has 0 aliphatic rings. The van der Waals surface area contributed by atoms with E-state index in [1.807, 2.05) is 24.4 Å². The molecule has 0 fully saturated rings. The van der Waals surface area contributed by atoms with E-state index in [9.17, 15) is 4.79 Å². The molecule has 9 heteroatoms. The lowest BCUT2D eigenvalue weighted by Gasteiger charge is -1.99. The number of hydrogen-bond acceptors (Lipinski definition) is 7. The van der Waals surface area contributed by atoms with Crippen LogP contribution in [-0.2, 0) is 5.75 Å². The third kappa shape index (κ3) is 3.33. The summed E-state index contributed by atoms with van der Waals surface area (Å²) < 4.78 is 7.24. The Morgan fingerprint density at radius 3 is 2.88 bits per heavy atom. The predicted molar refractivity (Wildman–Crippen MR) is 98.4 cm³/mol. The molecular weight excluding hydrogens is 380 g/mol. The molecule has 3 heterocycles. The summed E-state index contributed by atoms with van der Waals surface area (Å²) in [7, 11) is 0. The van der Waals surface area contributed by atoms with Crippen LogP contribution >= 0.6 is 34.7 Å². The van der Waals surface area contributed by atoms with Gasteiger partial charge in [0, 0.05) is 33.5 Å². The van der Waals surface area contributed by atoms with Crippen LogP contribution in [0.25, 0.3) is 16.4 Å². The van der Waals surface area contributed by atoms with Crippen molar-refractivity contribution >= 4 is 39.7 Å². The Kier molecular flexibility index (Phi) is 4.32. The number of fused-ring (bicyclic) bond motifs is 1. The van der Waals surface area contributed by atoms with Crippen LogP contribution in [0.4, 0.5) is 0 Å². The lowest BCUT2D eigenvalue weighted by Crippen LogP contribution is -2.14. The molecule has 6 nitrogen and oxygen atoms in total. The molecule has 126 valence electrons. The summed E-state index contributed by atoms with van der Waals surface area (Å²) >= 11 is 8.66. The highest BCUT2D eigenvalue weighted by molar-refractivity contribution is 7.98. The van der Waals surface area contributed by atoms with Gasteiger partial charge in [0.2, 0.25) is 5.89 Å². The van der Waals surface area contributed by atoms with Crippen molar-refractivity contribution in [2.45, 2.75) is 17.9 Å². The van der Waals surface area contributed by atoms with Crippen LogP contribution in [0, 0.1) is 6.92 Å². The van der Waals surface area contributed by atoms with Crippen LogP contribution in [0.2, 0.25) is 5.02 Å². The van der Waals surface area contributed by atoms with Gasteiger partial charge in [0.15, 0.2) is 4.96 Å². The lowest BCUT2D eigenvalue weighted by atomic mass is 10.2. The van der Waals surface area contributed by atoms with Crippen molar-refractivity contribution in [2.24, 2.45) is 0 Å². The van der Waals surface area contributed by atoms with Gasteiger partial charge >= 0.3 is 0 Å². The topological polar surface area (TPSA) is 73.3 Å². The zero-order valence-corrected chi connectivity index (χ0v) is 15.4. The fourth-order valence-corrected chi connectivity index (χ4v) is 3.96. The quantitative estimate of drug-likeness (QED) is 0.489. The minimum absolute atomic E-state index is 0.0771. The second-order valence-electron chi connectivity index (χ2n) is 5.25. The molecule has 0 amide bonds. The van der Waals surface area contributed by atoms with E-state index in [1.54, 1.807) is 16.5 Å². The van der Waals surface area contributed by atoms with E-state index in [1.165, 1.54) is 29.2 Å². The van der Waals surface area contributed by atoms with Crippen molar-refractivity contribution in [1.29, 1.82) is 0 Å². The van der Waals surface area contributed by atoms with Gasteiger partial charge in [0.25, 0.3) is 10.8 Å². The molecule has 25 heavy (non-hydrogen) atoms. The number of benzene rings is 1. The fraction of sp³-hybridized carbons (Fsp3) is 0.125. The normalized spacial score (nSPS) is 11.3. The van der Waals surface area contributed by atoms with Crippen LogP contribution in [0.15, 0.2) is 50.1 Å². The molecule has 0 atom stereocenters. The maximum atomic E-state index is 12.2. The Labute approximate surface area is 155 Å². The maximum absolute atomic E-state index is 12.2. The molecule has 3 aromatic heterocycles.